The number of amides is 1. The Hall–Kier alpha value is -3.17. The third-order valence-corrected chi connectivity index (χ3v) is 5.13. The molecule has 0 spiro atoms. The van der Waals surface area contributed by atoms with Crippen LogP contribution in [-0.2, 0) is 30.3 Å². The normalized spacial score (nSPS) is 17.9. The molecule has 1 N–H and O–H groups in total. The SMILES string of the molecule is CCOC(=O)COc1ccccc1[C@@H]1CC[C@H](OCc2ncccc2NC(=O)OC(C)(C)C)CO1. The number of hydrogen-bond donors (Lipinski definition) is 1. The molecular formula is C26H34N2O7. The van der Waals surface area contributed by atoms with Crippen molar-refractivity contribution in [3.05, 3.63) is 53.9 Å². The molecule has 1 saturated heterocycles. The van der Waals surface area contributed by atoms with E-state index < -0.39 is 17.7 Å². The summed E-state index contributed by atoms with van der Waals surface area (Å²) in [5.74, 6) is 0.201. The maximum atomic E-state index is 12.1. The van der Waals surface area contributed by atoms with Crippen molar-refractivity contribution in [2.45, 2.75) is 65.0 Å². The molecule has 1 aliphatic heterocycles. The number of benzene rings is 1. The number of rotatable bonds is 9. The quantitative estimate of drug-likeness (QED) is 0.504. The molecule has 0 unspecified atom stereocenters. The van der Waals surface area contributed by atoms with Gasteiger partial charge in [-0.05, 0) is 58.7 Å². The number of carbonyl (C=O) groups is 2. The highest BCUT2D eigenvalue weighted by Crippen LogP contribution is 2.35. The third kappa shape index (κ3) is 8.52. The minimum atomic E-state index is -0.596. The molecule has 2 atom stereocenters. The number of pyridine rings is 1. The van der Waals surface area contributed by atoms with Crippen molar-refractivity contribution in [1.82, 2.24) is 4.98 Å². The Balaban J connectivity index is 1.52. The molecule has 190 valence electrons. The van der Waals surface area contributed by atoms with E-state index in [9.17, 15) is 9.59 Å². The molecule has 9 heteroatoms. The highest BCUT2D eigenvalue weighted by Gasteiger charge is 2.26. The number of hydrogen-bond acceptors (Lipinski definition) is 8. The lowest BCUT2D eigenvalue weighted by molar-refractivity contribution is -0.145. The molecule has 0 radical (unpaired) electrons. The average Bonchev–Trinajstić information content (AvgIpc) is 2.82. The van der Waals surface area contributed by atoms with Crippen LogP contribution in [0.1, 0.15) is 57.9 Å². The van der Waals surface area contributed by atoms with Gasteiger partial charge in [0.2, 0.25) is 0 Å². The summed E-state index contributed by atoms with van der Waals surface area (Å²) < 4.78 is 28.0. The van der Waals surface area contributed by atoms with Crippen LogP contribution in [0.4, 0.5) is 10.5 Å². The van der Waals surface area contributed by atoms with Gasteiger partial charge in [0.15, 0.2) is 6.61 Å². The van der Waals surface area contributed by atoms with Crippen LogP contribution in [0.3, 0.4) is 0 Å². The van der Waals surface area contributed by atoms with Crippen LogP contribution >= 0.6 is 0 Å². The molecule has 1 amide bonds. The highest BCUT2D eigenvalue weighted by atomic mass is 16.6. The van der Waals surface area contributed by atoms with Gasteiger partial charge in [-0.2, -0.15) is 0 Å². The summed E-state index contributed by atoms with van der Waals surface area (Å²) in [7, 11) is 0. The number of ether oxygens (including phenoxy) is 5. The van der Waals surface area contributed by atoms with Gasteiger partial charge in [0.05, 0.1) is 43.4 Å². The van der Waals surface area contributed by atoms with Crippen molar-refractivity contribution in [2.75, 3.05) is 25.1 Å². The first kappa shape index (κ1) is 26.4. The second kappa shape index (κ2) is 12.5. The first-order chi connectivity index (χ1) is 16.7. The monoisotopic (exact) mass is 486 g/mol. The lowest BCUT2D eigenvalue weighted by Gasteiger charge is -2.30. The highest BCUT2D eigenvalue weighted by molar-refractivity contribution is 5.85. The standard InChI is InChI=1S/C26H34N2O7/c1-5-31-24(29)17-34-22-11-7-6-9-19(22)23-13-12-18(15-33-23)32-16-21-20(10-8-14-27-21)28-25(30)35-26(2,3)4/h6-11,14,18,23H,5,12-13,15-17H2,1-4H3,(H,28,30)/t18-,23-/m0/s1. The smallest absolute Gasteiger partial charge is 0.412 e. The number of nitrogens with zero attached hydrogens (tertiary/aromatic N) is 1. The fourth-order valence-corrected chi connectivity index (χ4v) is 3.60. The summed E-state index contributed by atoms with van der Waals surface area (Å²) >= 11 is 0. The van der Waals surface area contributed by atoms with Crippen molar-refractivity contribution in [1.29, 1.82) is 0 Å². The minimum absolute atomic E-state index is 0.116. The van der Waals surface area contributed by atoms with Crippen molar-refractivity contribution in [3.8, 4) is 5.75 Å². The van der Waals surface area contributed by atoms with Gasteiger partial charge in [0.25, 0.3) is 0 Å². The fraction of sp³-hybridized carbons (Fsp3) is 0.500. The molecule has 35 heavy (non-hydrogen) atoms. The van der Waals surface area contributed by atoms with E-state index in [1.54, 1.807) is 46.0 Å². The molecule has 0 aliphatic carbocycles. The van der Waals surface area contributed by atoms with Gasteiger partial charge in [0.1, 0.15) is 11.4 Å². The van der Waals surface area contributed by atoms with Crippen LogP contribution in [-0.4, -0.2) is 48.6 Å². The largest absolute Gasteiger partial charge is 0.482 e. The summed E-state index contributed by atoms with van der Waals surface area (Å²) in [6, 6.07) is 11.0. The zero-order valence-corrected chi connectivity index (χ0v) is 20.7. The molecule has 0 saturated carbocycles. The lowest BCUT2D eigenvalue weighted by atomic mass is 9.99. The summed E-state index contributed by atoms with van der Waals surface area (Å²) in [6.07, 6.45) is 2.34. The molecule has 3 rings (SSSR count). The fourth-order valence-electron chi connectivity index (χ4n) is 3.60. The van der Waals surface area contributed by atoms with E-state index >= 15 is 0 Å². The number of nitrogens with one attached hydrogen (secondary N) is 1. The Labute approximate surface area is 206 Å². The number of aromatic nitrogens is 1. The van der Waals surface area contributed by atoms with Crippen molar-refractivity contribution in [2.24, 2.45) is 0 Å². The van der Waals surface area contributed by atoms with Gasteiger partial charge in [-0.1, -0.05) is 18.2 Å². The summed E-state index contributed by atoms with van der Waals surface area (Å²) in [6.45, 7) is 7.97. The molecule has 1 fully saturated rings. The first-order valence-electron chi connectivity index (χ1n) is 11.8. The molecule has 2 heterocycles. The predicted molar refractivity (Wildman–Crippen MR) is 129 cm³/mol. The van der Waals surface area contributed by atoms with Crippen LogP contribution < -0.4 is 10.1 Å². The van der Waals surface area contributed by atoms with Crippen LogP contribution in [0.5, 0.6) is 5.75 Å². The Morgan fingerprint density at radius 3 is 2.66 bits per heavy atom. The van der Waals surface area contributed by atoms with Gasteiger partial charge in [-0.25, -0.2) is 9.59 Å². The van der Waals surface area contributed by atoms with Crippen LogP contribution in [0.15, 0.2) is 42.6 Å². The molecule has 1 aromatic heterocycles. The summed E-state index contributed by atoms with van der Waals surface area (Å²) in [4.78, 5) is 28.1. The molecule has 1 aromatic carbocycles. The first-order valence-corrected chi connectivity index (χ1v) is 11.8. The van der Waals surface area contributed by atoms with E-state index in [4.69, 9.17) is 23.7 Å². The van der Waals surface area contributed by atoms with Gasteiger partial charge in [0, 0.05) is 11.8 Å². The van der Waals surface area contributed by atoms with E-state index in [0.717, 1.165) is 18.4 Å². The van der Waals surface area contributed by atoms with Crippen molar-refractivity contribution >= 4 is 17.7 Å². The van der Waals surface area contributed by atoms with Gasteiger partial charge in [-0.15, -0.1) is 0 Å². The zero-order valence-electron chi connectivity index (χ0n) is 20.7. The van der Waals surface area contributed by atoms with E-state index in [-0.39, 0.29) is 25.4 Å². The predicted octanol–water partition coefficient (Wildman–Crippen LogP) is 4.81. The van der Waals surface area contributed by atoms with E-state index in [2.05, 4.69) is 10.3 Å². The second-order valence-corrected chi connectivity index (χ2v) is 9.09. The van der Waals surface area contributed by atoms with Crippen molar-refractivity contribution in [3.63, 3.8) is 0 Å². The average molecular weight is 487 g/mol. The number of para-hydroxylation sites is 1. The maximum absolute atomic E-state index is 12.1. The van der Waals surface area contributed by atoms with Gasteiger partial charge in [-0.3, -0.25) is 10.3 Å². The molecular weight excluding hydrogens is 452 g/mol. The minimum Gasteiger partial charge on any atom is -0.482 e. The Bertz CT molecular complexity index is 982. The van der Waals surface area contributed by atoms with E-state index in [1.165, 1.54) is 0 Å². The number of carbonyl (C=O) groups excluding carboxylic acids is 2. The van der Waals surface area contributed by atoms with Gasteiger partial charge < -0.3 is 23.7 Å². The molecule has 0 bridgehead atoms. The number of anilines is 1. The Morgan fingerprint density at radius 2 is 1.94 bits per heavy atom. The lowest BCUT2D eigenvalue weighted by Crippen LogP contribution is -2.29. The zero-order chi connectivity index (χ0) is 25.3. The second-order valence-electron chi connectivity index (χ2n) is 9.09. The van der Waals surface area contributed by atoms with Crippen molar-refractivity contribution < 1.29 is 33.3 Å². The Kier molecular flexibility index (Phi) is 9.45. The van der Waals surface area contributed by atoms with Crippen LogP contribution in [0.25, 0.3) is 0 Å². The van der Waals surface area contributed by atoms with E-state index in [0.29, 0.717) is 30.3 Å². The van der Waals surface area contributed by atoms with Gasteiger partial charge >= 0.3 is 12.1 Å². The molecule has 9 nitrogen and oxygen atoms in total. The third-order valence-electron chi connectivity index (χ3n) is 5.13. The topological polar surface area (TPSA) is 105 Å². The Morgan fingerprint density at radius 1 is 1.14 bits per heavy atom. The summed E-state index contributed by atoms with van der Waals surface area (Å²) in [5, 5.41) is 2.74. The number of esters is 1. The summed E-state index contributed by atoms with van der Waals surface area (Å²) in [5.41, 5.74) is 1.45. The molecule has 1 aliphatic rings. The molecule has 2 aromatic rings. The van der Waals surface area contributed by atoms with Crippen LogP contribution in [0.2, 0.25) is 0 Å². The maximum Gasteiger partial charge on any atom is 0.412 e. The van der Waals surface area contributed by atoms with E-state index in [1.807, 2.05) is 24.3 Å². The van der Waals surface area contributed by atoms with Crippen LogP contribution in [0, 0.1) is 0 Å².